The average molecular weight is 278 g/mol. The third-order valence-electron chi connectivity index (χ3n) is 2.32. The molecule has 2 N–H and O–H groups in total. The Morgan fingerprint density at radius 3 is 2.06 bits per heavy atom. The van der Waals surface area contributed by atoms with Gasteiger partial charge in [0, 0.05) is 0 Å². The van der Waals surface area contributed by atoms with Crippen molar-refractivity contribution in [2.75, 3.05) is 19.8 Å². The molecule has 0 radical (unpaired) electrons. The summed E-state index contributed by atoms with van der Waals surface area (Å²) < 4.78 is 46.3. The van der Waals surface area contributed by atoms with Crippen LogP contribution >= 0.6 is 0 Å². The van der Waals surface area contributed by atoms with Crippen LogP contribution in [0.3, 0.4) is 0 Å². The summed E-state index contributed by atoms with van der Waals surface area (Å²) in [6, 6.07) is 5.99. The lowest BCUT2D eigenvalue weighted by Crippen LogP contribution is -2.48. The molecule has 1 aromatic carbocycles. The number of aliphatic hydroxyl groups excluding tert-OH is 1. The van der Waals surface area contributed by atoms with Crippen molar-refractivity contribution in [3.05, 3.63) is 29.8 Å². The topological polar surface area (TPSA) is 83.8 Å². The van der Waals surface area contributed by atoms with Crippen LogP contribution in [0.4, 0.5) is 4.39 Å². The minimum absolute atomic E-state index is 0.0590. The predicted octanol–water partition coefficient (Wildman–Crippen LogP) is 0.959. The lowest BCUT2D eigenvalue weighted by molar-refractivity contribution is -0.150. The summed E-state index contributed by atoms with van der Waals surface area (Å²) in [5, 5.41) is 8.19. The highest BCUT2D eigenvalue weighted by Gasteiger charge is 2.37. The third kappa shape index (κ3) is 4.34. The van der Waals surface area contributed by atoms with Gasteiger partial charge in [-0.1, -0.05) is 17.7 Å². The first-order chi connectivity index (χ1) is 8.27. The molecule has 0 spiro atoms. The molecule has 2 rings (SSSR count). The molecule has 5 nitrogen and oxygen atoms in total. The number of aryl methyl sites for hydroxylation is 1. The molecule has 0 amide bonds. The van der Waals surface area contributed by atoms with Crippen molar-refractivity contribution in [3.63, 3.8) is 0 Å². The zero-order valence-corrected chi connectivity index (χ0v) is 10.7. The van der Waals surface area contributed by atoms with Crippen LogP contribution in [0.2, 0.25) is 0 Å². The number of alkyl halides is 1. The van der Waals surface area contributed by atoms with Gasteiger partial charge in [-0.25, -0.2) is 4.39 Å². The molecule has 1 fully saturated rings. The zero-order valence-electron chi connectivity index (χ0n) is 9.84. The molecular weight excluding hydrogens is 263 g/mol. The predicted molar refractivity (Wildman–Crippen MR) is 62.7 cm³/mol. The van der Waals surface area contributed by atoms with E-state index in [1.807, 2.05) is 6.92 Å². The van der Waals surface area contributed by atoms with E-state index in [0.29, 0.717) is 0 Å². The maximum Gasteiger partial charge on any atom is 0.294 e. The summed E-state index contributed by atoms with van der Waals surface area (Å²) in [6.07, 6.45) is 0. The highest BCUT2D eigenvalue weighted by Crippen LogP contribution is 2.19. The van der Waals surface area contributed by atoms with Crippen LogP contribution in [-0.4, -0.2) is 43.6 Å². The minimum atomic E-state index is -4.02. The van der Waals surface area contributed by atoms with Gasteiger partial charge in [0.25, 0.3) is 10.1 Å². The Labute approximate surface area is 105 Å². The first kappa shape index (κ1) is 15.0. The Morgan fingerprint density at radius 2 is 1.83 bits per heavy atom. The summed E-state index contributed by atoms with van der Waals surface area (Å²) in [7, 11) is -4.02. The molecule has 1 aliphatic heterocycles. The largest absolute Gasteiger partial charge is 0.393 e. The second kappa shape index (κ2) is 5.75. The van der Waals surface area contributed by atoms with Crippen LogP contribution in [-0.2, 0) is 14.9 Å². The first-order valence-corrected chi connectivity index (χ1v) is 6.62. The van der Waals surface area contributed by atoms with E-state index in [2.05, 4.69) is 4.74 Å². The van der Waals surface area contributed by atoms with Crippen LogP contribution < -0.4 is 0 Å². The van der Waals surface area contributed by atoms with E-state index in [4.69, 9.17) is 9.66 Å². The minimum Gasteiger partial charge on any atom is -0.393 e. The Hall–Kier alpha value is -1.02. The van der Waals surface area contributed by atoms with Gasteiger partial charge in [0.05, 0.1) is 24.7 Å². The van der Waals surface area contributed by atoms with E-state index in [1.165, 1.54) is 12.1 Å². The van der Waals surface area contributed by atoms with Gasteiger partial charge in [-0.2, -0.15) is 8.42 Å². The van der Waals surface area contributed by atoms with Crippen molar-refractivity contribution in [2.45, 2.75) is 17.5 Å². The number of benzene rings is 1. The average Bonchev–Trinajstić information content (AvgIpc) is 2.26. The zero-order chi connectivity index (χ0) is 13.8. The fourth-order valence-electron chi connectivity index (χ4n) is 1.13. The smallest absolute Gasteiger partial charge is 0.294 e. The second-order valence-corrected chi connectivity index (χ2v) is 5.51. The van der Waals surface area contributed by atoms with Gasteiger partial charge in [-0.05, 0) is 19.1 Å². The number of hydrogen-bond acceptors (Lipinski definition) is 4. The molecule has 0 unspecified atom stereocenters. The Balaban J connectivity index is 0.000000199. The Bertz CT molecular complexity index is 473. The molecule has 18 heavy (non-hydrogen) atoms. The summed E-state index contributed by atoms with van der Waals surface area (Å²) in [6.45, 7) is 1.55. The quantitative estimate of drug-likeness (QED) is 0.787. The highest BCUT2D eigenvalue weighted by molar-refractivity contribution is 7.85. The SMILES string of the molecule is Cc1ccc(S(=O)(=O)O)cc1.OCC1(F)COC1. The lowest BCUT2D eigenvalue weighted by Gasteiger charge is -2.31. The van der Waals surface area contributed by atoms with Gasteiger partial charge in [0.1, 0.15) is 0 Å². The molecule has 0 bridgehead atoms. The third-order valence-corrected chi connectivity index (χ3v) is 3.19. The Kier molecular flexibility index (Phi) is 4.80. The van der Waals surface area contributed by atoms with Gasteiger partial charge in [0.2, 0.25) is 0 Å². The Morgan fingerprint density at radius 1 is 1.33 bits per heavy atom. The van der Waals surface area contributed by atoms with Crippen molar-refractivity contribution >= 4 is 10.1 Å². The van der Waals surface area contributed by atoms with Gasteiger partial charge in [0.15, 0.2) is 5.67 Å². The fraction of sp³-hybridized carbons (Fsp3) is 0.455. The maximum atomic E-state index is 12.3. The van der Waals surface area contributed by atoms with Gasteiger partial charge in [-0.3, -0.25) is 4.55 Å². The van der Waals surface area contributed by atoms with Crippen LogP contribution in [0.15, 0.2) is 29.2 Å². The summed E-state index contributed by atoms with van der Waals surface area (Å²) >= 11 is 0. The summed E-state index contributed by atoms with van der Waals surface area (Å²) in [5.41, 5.74) is -0.447. The van der Waals surface area contributed by atoms with E-state index < -0.39 is 22.4 Å². The second-order valence-electron chi connectivity index (χ2n) is 4.09. The number of hydrogen-bond donors (Lipinski definition) is 2. The molecule has 1 aliphatic rings. The maximum absolute atomic E-state index is 12.3. The summed E-state index contributed by atoms with van der Waals surface area (Å²) in [5.74, 6) is 0. The normalized spacial score (nSPS) is 17.3. The molecule has 0 aromatic heterocycles. The molecular formula is C11H15FO5S. The molecule has 0 aliphatic carbocycles. The summed E-state index contributed by atoms with van der Waals surface area (Å²) in [4.78, 5) is -0.0666. The number of aliphatic hydroxyl groups is 1. The van der Waals surface area contributed by atoms with E-state index in [-0.39, 0.29) is 18.1 Å². The molecule has 102 valence electrons. The van der Waals surface area contributed by atoms with Crippen molar-refractivity contribution in [1.29, 1.82) is 0 Å². The van der Waals surface area contributed by atoms with E-state index in [9.17, 15) is 12.8 Å². The monoisotopic (exact) mass is 278 g/mol. The van der Waals surface area contributed by atoms with Crippen molar-refractivity contribution in [1.82, 2.24) is 0 Å². The fourth-order valence-corrected chi connectivity index (χ4v) is 1.61. The number of halogens is 1. The molecule has 7 heteroatoms. The van der Waals surface area contributed by atoms with E-state index in [1.54, 1.807) is 12.1 Å². The van der Waals surface area contributed by atoms with Gasteiger partial charge >= 0.3 is 0 Å². The molecule has 1 saturated heterocycles. The lowest BCUT2D eigenvalue weighted by atomic mass is 10.1. The molecule has 0 saturated carbocycles. The van der Waals surface area contributed by atoms with Crippen molar-refractivity contribution in [2.24, 2.45) is 0 Å². The molecule has 0 atom stereocenters. The van der Waals surface area contributed by atoms with Crippen LogP contribution in [0.5, 0.6) is 0 Å². The van der Waals surface area contributed by atoms with E-state index >= 15 is 0 Å². The molecule has 1 heterocycles. The van der Waals surface area contributed by atoms with E-state index in [0.717, 1.165) is 5.56 Å². The van der Waals surface area contributed by atoms with Crippen molar-refractivity contribution < 1.29 is 27.2 Å². The molecule has 1 aromatic rings. The standard InChI is InChI=1S/C7H8O3S.C4H7FO2/c1-6-2-4-7(5-3-6)11(8,9)10;5-4(1-6)2-7-3-4/h2-5H,1H3,(H,8,9,10);6H,1-3H2. The van der Waals surface area contributed by atoms with Crippen LogP contribution in [0.1, 0.15) is 5.56 Å². The highest BCUT2D eigenvalue weighted by atomic mass is 32.2. The van der Waals surface area contributed by atoms with Crippen LogP contribution in [0, 0.1) is 6.92 Å². The number of rotatable bonds is 2. The van der Waals surface area contributed by atoms with Gasteiger partial charge < -0.3 is 9.84 Å². The first-order valence-electron chi connectivity index (χ1n) is 5.18. The van der Waals surface area contributed by atoms with Crippen molar-refractivity contribution in [3.8, 4) is 0 Å². The van der Waals surface area contributed by atoms with Gasteiger partial charge in [-0.15, -0.1) is 0 Å². The number of ether oxygens (including phenoxy) is 1. The van der Waals surface area contributed by atoms with Crippen LogP contribution in [0.25, 0.3) is 0 Å².